The maximum absolute atomic E-state index is 12.3. The second-order valence-electron chi connectivity index (χ2n) is 5.48. The smallest absolute Gasteiger partial charge is 0.329 e. The molecule has 0 aromatic heterocycles. The van der Waals surface area contributed by atoms with E-state index in [4.69, 9.17) is 0 Å². The summed E-state index contributed by atoms with van der Waals surface area (Å²) in [6.45, 7) is 1.53. The van der Waals surface area contributed by atoms with Crippen molar-refractivity contribution in [3.63, 3.8) is 0 Å². The molecule has 0 unspecified atom stereocenters. The molecule has 1 saturated carbocycles. The van der Waals surface area contributed by atoms with E-state index in [0.717, 1.165) is 12.8 Å². The highest BCUT2D eigenvalue weighted by atomic mass is 32.2. The first-order chi connectivity index (χ1) is 10.3. The number of carbonyl (C=O) groups is 2. The van der Waals surface area contributed by atoms with E-state index in [2.05, 4.69) is 5.32 Å². The largest absolute Gasteiger partial charge is 0.480 e. The van der Waals surface area contributed by atoms with Gasteiger partial charge < -0.3 is 10.4 Å². The molecule has 1 aliphatic rings. The number of amides is 1. The summed E-state index contributed by atoms with van der Waals surface area (Å²) < 4.78 is 23.7. The molecule has 0 atom stereocenters. The van der Waals surface area contributed by atoms with Crippen LogP contribution in [0.4, 0.5) is 0 Å². The quantitative estimate of drug-likeness (QED) is 0.856. The first-order valence-electron chi connectivity index (χ1n) is 7.19. The summed E-state index contributed by atoms with van der Waals surface area (Å²) in [7, 11) is -3.41. The molecule has 7 heteroatoms. The molecule has 1 amide bonds. The number of nitrogens with one attached hydrogen (secondary N) is 1. The van der Waals surface area contributed by atoms with E-state index in [-0.39, 0.29) is 16.2 Å². The van der Waals surface area contributed by atoms with E-state index in [1.165, 1.54) is 31.2 Å². The van der Waals surface area contributed by atoms with Gasteiger partial charge in [0.1, 0.15) is 5.54 Å². The number of carboxylic acid groups (broad SMARTS) is 1. The lowest BCUT2D eigenvalue weighted by atomic mass is 9.97. The molecule has 0 saturated heterocycles. The average molecular weight is 325 g/mol. The van der Waals surface area contributed by atoms with Crippen LogP contribution in [0.2, 0.25) is 0 Å². The lowest BCUT2D eigenvalue weighted by Gasteiger charge is -2.25. The van der Waals surface area contributed by atoms with Gasteiger partial charge in [0.25, 0.3) is 5.91 Å². The fourth-order valence-corrected chi connectivity index (χ4v) is 3.58. The van der Waals surface area contributed by atoms with Crippen LogP contribution in [-0.2, 0) is 14.6 Å². The minimum absolute atomic E-state index is 0.0584. The van der Waals surface area contributed by atoms with Crippen LogP contribution in [0.1, 0.15) is 43.0 Å². The lowest BCUT2D eigenvalue weighted by Crippen LogP contribution is -2.52. The number of rotatable bonds is 5. The Morgan fingerprint density at radius 1 is 1.27 bits per heavy atom. The Balaban J connectivity index is 2.27. The molecule has 0 bridgehead atoms. The van der Waals surface area contributed by atoms with Crippen LogP contribution in [0, 0.1) is 0 Å². The van der Waals surface area contributed by atoms with E-state index in [0.29, 0.717) is 12.8 Å². The molecule has 1 aromatic carbocycles. The number of carbonyl (C=O) groups excluding carboxylic acids is 1. The highest BCUT2D eigenvalue weighted by Gasteiger charge is 2.42. The van der Waals surface area contributed by atoms with Gasteiger partial charge in [0.05, 0.1) is 10.6 Å². The first kappa shape index (κ1) is 16.5. The minimum Gasteiger partial charge on any atom is -0.480 e. The summed E-state index contributed by atoms with van der Waals surface area (Å²) in [4.78, 5) is 23.8. The zero-order valence-electron chi connectivity index (χ0n) is 12.3. The molecule has 0 spiro atoms. The third kappa shape index (κ3) is 3.14. The van der Waals surface area contributed by atoms with Gasteiger partial charge in [-0.25, -0.2) is 13.2 Å². The number of carboxylic acids is 1. The third-order valence-corrected chi connectivity index (χ3v) is 5.79. The second-order valence-corrected chi connectivity index (χ2v) is 7.76. The molecule has 0 aliphatic heterocycles. The summed E-state index contributed by atoms with van der Waals surface area (Å²) in [5.41, 5.74) is -1.08. The summed E-state index contributed by atoms with van der Waals surface area (Å²) >= 11 is 0. The number of hydrogen-bond donors (Lipinski definition) is 2. The van der Waals surface area contributed by atoms with Crippen molar-refractivity contribution in [3.8, 4) is 0 Å². The van der Waals surface area contributed by atoms with Gasteiger partial charge in [0, 0.05) is 5.56 Å². The molecule has 2 N–H and O–H groups in total. The van der Waals surface area contributed by atoms with Crippen molar-refractivity contribution in [2.45, 2.75) is 43.0 Å². The van der Waals surface area contributed by atoms with Crippen molar-refractivity contribution in [3.05, 3.63) is 29.8 Å². The Bertz CT molecular complexity index is 690. The predicted octanol–water partition coefficient (Wildman–Crippen LogP) is 1.61. The van der Waals surface area contributed by atoms with Crippen LogP contribution in [0.15, 0.2) is 29.2 Å². The Kier molecular flexibility index (Phi) is 4.55. The highest BCUT2D eigenvalue weighted by Crippen LogP contribution is 2.30. The van der Waals surface area contributed by atoms with Gasteiger partial charge >= 0.3 is 5.97 Å². The van der Waals surface area contributed by atoms with Crippen LogP contribution in [-0.4, -0.2) is 36.7 Å². The molecule has 1 aromatic rings. The van der Waals surface area contributed by atoms with Gasteiger partial charge in [0.2, 0.25) is 0 Å². The van der Waals surface area contributed by atoms with Gasteiger partial charge in [-0.1, -0.05) is 25.8 Å². The van der Waals surface area contributed by atoms with Crippen LogP contribution < -0.4 is 5.32 Å². The molecule has 6 nitrogen and oxygen atoms in total. The molecule has 1 aliphatic carbocycles. The summed E-state index contributed by atoms with van der Waals surface area (Å²) in [5, 5.41) is 11.9. The van der Waals surface area contributed by atoms with Crippen molar-refractivity contribution >= 4 is 21.7 Å². The fraction of sp³-hybridized carbons (Fsp3) is 0.467. The van der Waals surface area contributed by atoms with Gasteiger partial charge in [-0.05, 0) is 31.0 Å². The van der Waals surface area contributed by atoms with Crippen molar-refractivity contribution < 1.29 is 23.1 Å². The highest BCUT2D eigenvalue weighted by molar-refractivity contribution is 7.91. The van der Waals surface area contributed by atoms with E-state index in [1.54, 1.807) is 0 Å². The van der Waals surface area contributed by atoms with Crippen LogP contribution in [0.3, 0.4) is 0 Å². The average Bonchev–Trinajstić information content (AvgIpc) is 2.97. The normalized spacial score (nSPS) is 17.1. The van der Waals surface area contributed by atoms with Gasteiger partial charge in [-0.2, -0.15) is 0 Å². The van der Waals surface area contributed by atoms with Crippen molar-refractivity contribution in [1.82, 2.24) is 5.32 Å². The Hall–Kier alpha value is -1.89. The maximum Gasteiger partial charge on any atom is 0.329 e. The third-order valence-electron chi connectivity index (χ3n) is 4.05. The van der Waals surface area contributed by atoms with Crippen LogP contribution >= 0.6 is 0 Å². The summed E-state index contributed by atoms with van der Waals surface area (Å²) in [6, 6.07) is 5.69. The first-order valence-corrected chi connectivity index (χ1v) is 8.85. The van der Waals surface area contributed by atoms with Crippen molar-refractivity contribution in [2.75, 3.05) is 5.75 Å². The molecule has 2 rings (SSSR count). The molecular formula is C15H19NO5S. The molecule has 0 radical (unpaired) electrons. The zero-order valence-corrected chi connectivity index (χ0v) is 13.1. The van der Waals surface area contributed by atoms with Crippen LogP contribution in [0.5, 0.6) is 0 Å². The second kappa shape index (κ2) is 6.08. The molecule has 0 heterocycles. The standard InChI is InChI=1S/C15H19NO5S/c1-2-22(20,21)12-7-5-6-11(10-12)13(17)16-15(14(18)19)8-3-4-9-15/h5-7,10H,2-4,8-9H2,1H3,(H,16,17)(H,18,19). The topological polar surface area (TPSA) is 101 Å². The van der Waals surface area contributed by atoms with E-state index < -0.39 is 27.3 Å². The van der Waals surface area contributed by atoms with Crippen molar-refractivity contribution in [2.24, 2.45) is 0 Å². The number of hydrogen-bond acceptors (Lipinski definition) is 4. The van der Waals surface area contributed by atoms with Gasteiger partial charge in [0.15, 0.2) is 9.84 Å². The van der Waals surface area contributed by atoms with Crippen LogP contribution in [0.25, 0.3) is 0 Å². The summed E-state index contributed by atoms with van der Waals surface area (Å²) in [5.74, 6) is -1.66. The lowest BCUT2D eigenvalue weighted by molar-refractivity contribution is -0.144. The van der Waals surface area contributed by atoms with Gasteiger partial charge in [-0.3, -0.25) is 4.79 Å². The van der Waals surface area contributed by atoms with Gasteiger partial charge in [-0.15, -0.1) is 0 Å². The Morgan fingerprint density at radius 3 is 2.45 bits per heavy atom. The SMILES string of the molecule is CCS(=O)(=O)c1cccc(C(=O)NC2(C(=O)O)CCCC2)c1. The molecule has 1 fully saturated rings. The number of benzene rings is 1. The number of sulfone groups is 1. The van der Waals surface area contributed by atoms with E-state index >= 15 is 0 Å². The monoisotopic (exact) mass is 325 g/mol. The van der Waals surface area contributed by atoms with Crippen molar-refractivity contribution in [1.29, 1.82) is 0 Å². The predicted molar refractivity (Wildman–Crippen MR) is 80.5 cm³/mol. The molecule has 22 heavy (non-hydrogen) atoms. The van der Waals surface area contributed by atoms with E-state index in [9.17, 15) is 23.1 Å². The molecule has 120 valence electrons. The Labute approximate surface area is 129 Å². The maximum atomic E-state index is 12.3. The zero-order chi connectivity index (χ0) is 16.4. The minimum atomic E-state index is -3.41. The fourth-order valence-electron chi connectivity index (χ4n) is 2.66. The van der Waals surface area contributed by atoms with E-state index in [1.807, 2.05) is 0 Å². The number of aliphatic carboxylic acids is 1. The molecular weight excluding hydrogens is 306 g/mol. The summed E-state index contributed by atoms with van der Waals surface area (Å²) in [6.07, 6.45) is 2.27. The Morgan fingerprint density at radius 2 is 1.91 bits per heavy atom.